The van der Waals surface area contributed by atoms with E-state index in [9.17, 15) is 22.8 Å². The Balaban J connectivity index is 1.88. The van der Waals surface area contributed by atoms with Crippen molar-refractivity contribution in [1.29, 1.82) is 0 Å². The zero-order valence-corrected chi connectivity index (χ0v) is 20.3. The van der Waals surface area contributed by atoms with Crippen molar-refractivity contribution in [2.24, 2.45) is 0 Å². The molecule has 2 amide bonds. The second-order valence-electron chi connectivity index (χ2n) is 8.32. The van der Waals surface area contributed by atoms with Crippen molar-refractivity contribution in [3.8, 4) is 0 Å². The average Bonchev–Trinajstić information content (AvgIpc) is 3.20. The standard InChI is InChI=1S/C25H22ClF3N2O2S/c1-14-12-22(31(16(3)32)19-8-6-18(26)7-9-19)20-13-17(25(27,28)29)5-10-21(20)30(14)24(33)23-11-4-15(2)34-23/h4-11,13-14,22H,12H2,1-3H3/t14-,22+/m0/s1. The minimum Gasteiger partial charge on any atom is -0.305 e. The number of carbonyl (C=O) groups is 2. The van der Waals surface area contributed by atoms with Gasteiger partial charge in [0.1, 0.15) is 0 Å². The van der Waals surface area contributed by atoms with Crippen LogP contribution in [0.4, 0.5) is 24.5 Å². The molecule has 0 N–H and O–H groups in total. The van der Waals surface area contributed by atoms with Crippen molar-refractivity contribution in [2.75, 3.05) is 9.80 Å². The van der Waals surface area contributed by atoms with Crippen LogP contribution >= 0.6 is 22.9 Å². The van der Waals surface area contributed by atoms with Crippen molar-refractivity contribution in [2.45, 2.75) is 45.5 Å². The van der Waals surface area contributed by atoms with Gasteiger partial charge in [-0.05, 0) is 80.4 Å². The molecule has 0 bridgehead atoms. The Labute approximate surface area is 204 Å². The van der Waals surface area contributed by atoms with E-state index in [1.165, 1.54) is 34.1 Å². The van der Waals surface area contributed by atoms with Gasteiger partial charge in [0.05, 0.1) is 16.5 Å². The largest absolute Gasteiger partial charge is 0.416 e. The van der Waals surface area contributed by atoms with Crippen molar-refractivity contribution >= 4 is 46.1 Å². The molecular formula is C25H22ClF3N2O2S. The van der Waals surface area contributed by atoms with Gasteiger partial charge in [0.15, 0.2) is 0 Å². The van der Waals surface area contributed by atoms with Gasteiger partial charge in [-0.15, -0.1) is 11.3 Å². The number of alkyl halides is 3. The molecule has 0 saturated heterocycles. The maximum absolute atomic E-state index is 13.6. The summed E-state index contributed by atoms with van der Waals surface area (Å²) >= 11 is 7.33. The smallest absolute Gasteiger partial charge is 0.305 e. The Bertz CT molecular complexity index is 1240. The van der Waals surface area contributed by atoms with E-state index in [2.05, 4.69) is 0 Å². The molecule has 2 aromatic carbocycles. The number of benzene rings is 2. The highest BCUT2D eigenvalue weighted by Crippen LogP contribution is 2.45. The lowest BCUT2D eigenvalue weighted by molar-refractivity contribution is -0.137. The van der Waals surface area contributed by atoms with Gasteiger partial charge in [-0.2, -0.15) is 13.2 Å². The predicted molar refractivity (Wildman–Crippen MR) is 129 cm³/mol. The summed E-state index contributed by atoms with van der Waals surface area (Å²) in [7, 11) is 0. The van der Waals surface area contributed by atoms with E-state index in [1.54, 1.807) is 30.3 Å². The fourth-order valence-electron chi connectivity index (χ4n) is 4.42. The van der Waals surface area contributed by atoms with Gasteiger partial charge in [-0.3, -0.25) is 9.59 Å². The molecule has 1 aliphatic rings. The van der Waals surface area contributed by atoms with Crippen LogP contribution in [0, 0.1) is 6.92 Å². The Kier molecular flexibility index (Phi) is 6.48. The molecule has 0 spiro atoms. The molecule has 178 valence electrons. The van der Waals surface area contributed by atoms with Crippen LogP contribution in [0.2, 0.25) is 5.02 Å². The lowest BCUT2D eigenvalue weighted by Crippen LogP contribution is -2.47. The summed E-state index contributed by atoms with van der Waals surface area (Å²) < 4.78 is 40.9. The first kappa shape index (κ1) is 24.3. The number of hydrogen-bond acceptors (Lipinski definition) is 3. The third-order valence-corrected chi connectivity index (χ3v) is 7.14. The maximum Gasteiger partial charge on any atom is 0.416 e. The average molecular weight is 507 g/mol. The minimum atomic E-state index is -4.57. The molecule has 0 fully saturated rings. The topological polar surface area (TPSA) is 40.6 Å². The Morgan fingerprint density at radius 2 is 1.76 bits per heavy atom. The molecule has 3 aromatic rings. The summed E-state index contributed by atoms with van der Waals surface area (Å²) in [6.07, 6.45) is -4.30. The van der Waals surface area contributed by atoms with E-state index in [0.717, 1.165) is 17.0 Å². The summed E-state index contributed by atoms with van der Waals surface area (Å²) in [6.45, 7) is 5.10. The van der Waals surface area contributed by atoms with Crippen molar-refractivity contribution in [3.63, 3.8) is 0 Å². The number of halogens is 4. The zero-order valence-electron chi connectivity index (χ0n) is 18.7. The second-order valence-corrected chi connectivity index (χ2v) is 10.0. The van der Waals surface area contributed by atoms with Gasteiger partial charge in [0, 0.05) is 34.2 Å². The first-order chi connectivity index (χ1) is 16.0. The number of fused-ring (bicyclic) bond motifs is 1. The van der Waals surface area contributed by atoms with Crippen LogP contribution < -0.4 is 9.80 Å². The SMILES string of the molecule is CC(=O)N(c1ccc(Cl)cc1)[C@@H]1C[C@H](C)N(C(=O)c2ccc(C)s2)c2ccc(C(F)(F)F)cc21. The molecule has 0 unspecified atom stereocenters. The maximum atomic E-state index is 13.6. The number of anilines is 2. The Morgan fingerprint density at radius 3 is 2.32 bits per heavy atom. The molecule has 1 aromatic heterocycles. The number of nitrogens with zero attached hydrogens (tertiary/aromatic N) is 2. The first-order valence-electron chi connectivity index (χ1n) is 10.6. The van der Waals surface area contributed by atoms with Crippen LogP contribution in [0.15, 0.2) is 54.6 Å². The Morgan fingerprint density at radius 1 is 1.09 bits per heavy atom. The summed E-state index contributed by atoms with van der Waals surface area (Å²) in [4.78, 5) is 30.6. The lowest BCUT2D eigenvalue weighted by Gasteiger charge is -2.43. The molecule has 1 aliphatic heterocycles. The molecule has 0 aliphatic carbocycles. The molecule has 4 rings (SSSR count). The molecule has 34 heavy (non-hydrogen) atoms. The molecule has 2 atom stereocenters. The number of aryl methyl sites for hydroxylation is 1. The normalized spacial score (nSPS) is 17.9. The zero-order chi connectivity index (χ0) is 24.8. The number of rotatable bonds is 3. The highest BCUT2D eigenvalue weighted by molar-refractivity contribution is 7.14. The molecule has 9 heteroatoms. The molecule has 0 saturated carbocycles. The van der Waals surface area contributed by atoms with E-state index in [0.29, 0.717) is 21.3 Å². The van der Waals surface area contributed by atoms with Gasteiger partial charge in [0.25, 0.3) is 5.91 Å². The molecular weight excluding hydrogens is 485 g/mol. The van der Waals surface area contributed by atoms with Crippen LogP contribution in [0.1, 0.15) is 52.0 Å². The van der Waals surface area contributed by atoms with Crippen LogP contribution in [0.3, 0.4) is 0 Å². The summed E-state index contributed by atoms with van der Waals surface area (Å²) in [6, 6.07) is 12.4. The van der Waals surface area contributed by atoms with E-state index in [-0.39, 0.29) is 29.8 Å². The van der Waals surface area contributed by atoms with Crippen LogP contribution in [0.5, 0.6) is 0 Å². The van der Waals surface area contributed by atoms with Crippen molar-refractivity contribution < 1.29 is 22.8 Å². The van der Waals surface area contributed by atoms with E-state index >= 15 is 0 Å². The number of carbonyl (C=O) groups excluding carboxylic acids is 2. The van der Waals surface area contributed by atoms with Crippen molar-refractivity contribution in [3.05, 3.63) is 80.5 Å². The minimum absolute atomic E-state index is 0.270. The van der Waals surface area contributed by atoms with Crippen LogP contribution in [-0.4, -0.2) is 17.9 Å². The predicted octanol–water partition coefficient (Wildman–Crippen LogP) is 7.26. The van der Waals surface area contributed by atoms with Crippen LogP contribution in [-0.2, 0) is 11.0 Å². The molecule has 4 nitrogen and oxygen atoms in total. The molecule has 2 heterocycles. The van der Waals surface area contributed by atoms with Crippen molar-refractivity contribution in [1.82, 2.24) is 0 Å². The first-order valence-corrected chi connectivity index (χ1v) is 11.8. The van der Waals surface area contributed by atoms with Gasteiger partial charge in [0.2, 0.25) is 5.91 Å². The second kappa shape index (κ2) is 9.07. The van der Waals surface area contributed by atoms with Gasteiger partial charge >= 0.3 is 6.18 Å². The van der Waals surface area contributed by atoms with E-state index in [4.69, 9.17) is 11.6 Å². The summed E-state index contributed by atoms with van der Waals surface area (Å²) in [5, 5.41) is 0.479. The fraction of sp³-hybridized carbons (Fsp3) is 0.280. The quantitative estimate of drug-likeness (QED) is 0.375. The third kappa shape index (κ3) is 4.57. The van der Waals surface area contributed by atoms with E-state index < -0.39 is 17.8 Å². The van der Waals surface area contributed by atoms with Gasteiger partial charge in [-0.25, -0.2) is 0 Å². The molecule has 0 radical (unpaired) electrons. The van der Waals surface area contributed by atoms with Gasteiger partial charge in [-0.1, -0.05) is 11.6 Å². The highest BCUT2D eigenvalue weighted by atomic mass is 35.5. The lowest BCUT2D eigenvalue weighted by atomic mass is 9.88. The number of thiophene rings is 1. The summed E-state index contributed by atoms with van der Waals surface area (Å²) in [5.41, 5.74) is 0.337. The van der Waals surface area contributed by atoms with Crippen LogP contribution in [0.25, 0.3) is 0 Å². The summed E-state index contributed by atoms with van der Waals surface area (Å²) in [5.74, 6) is -0.595. The third-order valence-electron chi connectivity index (χ3n) is 5.90. The number of amides is 2. The van der Waals surface area contributed by atoms with Gasteiger partial charge < -0.3 is 9.80 Å². The Hall–Kier alpha value is -2.84. The fourth-order valence-corrected chi connectivity index (χ4v) is 5.35. The van der Waals surface area contributed by atoms with E-state index in [1.807, 2.05) is 19.9 Å². The monoisotopic (exact) mass is 506 g/mol. The number of hydrogen-bond donors (Lipinski definition) is 0. The highest BCUT2D eigenvalue weighted by Gasteiger charge is 2.41.